The number of hydrogen-bond acceptors (Lipinski definition) is 4. The zero-order valence-corrected chi connectivity index (χ0v) is 12.1. The van der Waals surface area contributed by atoms with Crippen molar-refractivity contribution in [2.75, 3.05) is 32.1 Å². The number of rotatable bonds is 4. The first kappa shape index (κ1) is 14.7. The Morgan fingerprint density at radius 1 is 1.45 bits per heavy atom. The van der Waals surface area contributed by atoms with Crippen LogP contribution in [0.3, 0.4) is 0 Å². The average molecular weight is 278 g/mol. The number of amides is 1. The van der Waals surface area contributed by atoms with E-state index in [1.165, 1.54) is 0 Å². The Labute approximate surface area is 119 Å². The van der Waals surface area contributed by atoms with Gasteiger partial charge in [0, 0.05) is 23.9 Å². The van der Waals surface area contributed by atoms with E-state index in [1.54, 1.807) is 18.2 Å². The largest absolute Gasteiger partial charge is 0.494 e. The number of benzene rings is 1. The summed E-state index contributed by atoms with van der Waals surface area (Å²) in [5, 5.41) is 0. The molecule has 1 heterocycles. The topological polar surface area (TPSA) is 64.8 Å². The Morgan fingerprint density at radius 3 is 2.95 bits per heavy atom. The third-order valence-electron chi connectivity index (χ3n) is 3.45. The van der Waals surface area contributed by atoms with Crippen molar-refractivity contribution in [1.29, 1.82) is 0 Å². The fraction of sp³-hybridized carbons (Fsp3) is 0.533. The van der Waals surface area contributed by atoms with Gasteiger partial charge in [-0.1, -0.05) is 6.92 Å². The average Bonchev–Trinajstić information content (AvgIpc) is 2.46. The Balaban J connectivity index is 2.23. The SMILES string of the molecule is CCOc1cc(N)cc(C(=O)N2CCOCC2CC)c1. The predicted molar refractivity (Wildman–Crippen MR) is 78.0 cm³/mol. The fourth-order valence-electron chi connectivity index (χ4n) is 2.42. The minimum absolute atomic E-state index is 0.00611. The maximum atomic E-state index is 12.6. The zero-order valence-electron chi connectivity index (χ0n) is 12.1. The van der Waals surface area contributed by atoms with Crippen molar-refractivity contribution in [1.82, 2.24) is 4.90 Å². The van der Waals surface area contributed by atoms with Crippen LogP contribution in [0.15, 0.2) is 18.2 Å². The van der Waals surface area contributed by atoms with Crippen molar-refractivity contribution in [3.8, 4) is 5.75 Å². The van der Waals surface area contributed by atoms with Crippen molar-refractivity contribution in [3.05, 3.63) is 23.8 Å². The molecule has 1 saturated heterocycles. The molecule has 1 aliphatic heterocycles. The number of ether oxygens (including phenoxy) is 2. The molecule has 1 amide bonds. The van der Waals surface area contributed by atoms with Crippen LogP contribution in [0.1, 0.15) is 30.6 Å². The van der Waals surface area contributed by atoms with Crippen LogP contribution in [0, 0.1) is 0 Å². The van der Waals surface area contributed by atoms with Gasteiger partial charge in [-0.2, -0.15) is 0 Å². The lowest BCUT2D eigenvalue weighted by atomic mass is 10.1. The number of morpholine rings is 1. The van der Waals surface area contributed by atoms with Crippen LogP contribution in [0.2, 0.25) is 0 Å². The Hall–Kier alpha value is -1.75. The summed E-state index contributed by atoms with van der Waals surface area (Å²) in [5.74, 6) is 0.630. The smallest absolute Gasteiger partial charge is 0.254 e. The lowest BCUT2D eigenvalue weighted by Gasteiger charge is -2.35. The summed E-state index contributed by atoms with van der Waals surface area (Å²) < 4.78 is 10.9. The minimum atomic E-state index is -0.00611. The summed E-state index contributed by atoms with van der Waals surface area (Å²) in [5.41, 5.74) is 6.97. The summed E-state index contributed by atoms with van der Waals surface area (Å²) in [6, 6.07) is 5.32. The van der Waals surface area contributed by atoms with Gasteiger partial charge in [-0.25, -0.2) is 0 Å². The molecule has 0 radical (unpaired) electrons. The standard InChI is InChI=1S/C15H22N2O3/c1-3-13-10-19-6-5-17(13)15(18)11-7-12(16)9-14(8-11)20-4-2/h7-9,13H,3-6,10,16H2,1-2H3. The molecule has 1 unspecified atom stereocenters. The van der Waals surface area contributed by atoms with E-state index in [1.807, 2.05) is 11.8 Å². The molecular weight excluding hydrogens is 256 g/mol. The van der Waals surface area contributed by atoms with Gasteiger partial charge in [-0.3, -0.25) is 4.79 Å². The number of hydrogen-bond donors (Lipinski definition) is 1. The van der Waals surface area contributed by atoms with Gasteiger partial charge in [0.1, 0.15) is 5.75 Å². The van der Waals surface area contributed by atoms with Gasteiger partial charge in [0.05, 0.1) is 25.9 Å². The number of nitrogens with two attached hydrogens (primary N) is 1. The van der Waals surface area contributed by atoms with Gasteiger partial charge in [0.15, 0.2) is 0 Å². The third kappa shape index (κ3) is 3.22. The third-order valence-corrected chi connectivity index (χ3v) is 3.45. The van der Waals surface area contributed by atoms with E-state index in [4.69, 9.17) is 15.2 Å². The fourth-order valence-corrected chi connectivity index (χ4v) is 2.42. The molecule has 5 nitrogen and oxygen atoms in total. The van der Waals surface area contributed by atoms with E-state index >= 15 is 0 Å². The molecule has 0 bridgehead atoms. The van der Waals surface area contributed by atoms with Crippen LogP contribution in [0.25, 0.3) is 0 Å². The van der Waals surface area contributed by atoms with Crippen LogP contribution in [-0.4, -0.2) is 43.2 Å². The predicted octanol–water partition coefficient (Wildman–Crippen LogP) is 1.92. The molecule has 110 valence electrons. The van der Waals surface area contributed by atoms with Crippen LogP contribution in [-0.2, 0) is 4.74 Å². The molecule has 2 rings (SSSR count). The highest BCUT2D eigenvalue weighted by atomic mass is 16.5. The van der Waals surface area contributed by atoms with Gasteiger partial charge in [0.2, 0.25) is 0 Å². The molecule has 0 aromatic heterocycles. The van der Waals surface area contributed by atoms with Gasteiger partial charge < -0.3 is 20.1 Å². The Morgan fingerprint density at radius 2 is 2.25 bits per heavy atom. The van der Waals surface area contributed by atoms with Gasteiger partial charge >= 0.3 is 0 Å². The van der Waals surface area contributed by atoms with E-state index in [2.05, 4.69) is 6.92 Å². The normalized spacial score (nSPS) is 18.9. The maximum absolute atomic E-state index is 12.6. The molecule has 20 heavy (non-hydrogen) atoms. The lowest BCUT2D eigenvalue weighted by molar-refractivity contribution is -0.00281. The summed E-state index contributed by atoms with van der Waals surface area (Å²) >= 11 is 0. The van der Waals surface area contributed by atoms with E-state index in [9.17, 15) is 4.79 Å². The van der Waals surface area contributed by atoms with Crippen molar-refractivity contribution >= 4 is 11.6 Å². The lowest BCUT2D eigenvalue weighted by Crippen LogP contribution is -2.48. The van der Waals surface area contributed by atoms with Crippen LogP contribution < -0.4 is 10.5 Å². The monoisotopic (exact) mass is 278 g/mol. The number of nitrogen functional groups attached to an aromatic ring is 1. The molecule has 1 aliphatic rings. The molecular formula is C15H22N2O3. The first-order valence-corrected chi connectivity index (χ1v) is 7.07. The zero-order chi connectivity index (χ0) is 14.5. The highest BCUT2D eigenvalue weighted by molar-refractivity contribution is 5.95. The number of carbonyl (C=O) groups excluding carboxylic acids is 1. The molecule has 1 aromatic rings. The molecule has 5 heteroatoms. The molecule has 0 spiro atoms. The van der Waals surface area contributed by atoms with Gasteiger partial charge in [-0.15, -0.1) is 0 Å². The van der Waals surface area contributed by atoms with Crippen LogP contribution in [0.5, 0.6) is 5.75 Å². The molecule has 0 saturated carbocycles. The van der Waals surface area contributed by atoms with Crippen LogP contribution >= 0.6 is 0 Å². The molecule has 1 atom stereocenters. The van der Waals surface area contributed by atoms with E-state index in [-0.39, 0.29) is 11.9 Å². The van der Waals surface area contributed by atoms with Crippen molar-refractivity contribution < 1.29 is 14.3 Å². The quantitative estimate of drug-likeness (QED) is 0.855. The highest BCUT2D eigenvalue weighted by Crippen LogP contribution is 2.22. The van der Waals surface area contributed by atoms with Gasteiger partial charge in [0.25, 0.3) is 5.91 Å². The summed E-state index contributed by atoms with van der Waals surface area (Å²) in [4.78, 5) is 14.5. The van der Waals surface area contributed by atoms with Gasteiger partial charge in [-0.05, 0) is 25.5 Å². The number of anilines is 1. The van der Waals surface area contributed by atoms with Crippen molar-refractivity contribution in [3.63, 3.8) is 0 Å². The second kappa shape index (κ2) is 6.61. The summed E-state index contributed by atoms with van der Waals surface area (Å²) in [6.07, 6.45) is 0.881. The number of carbonyl (C=O) groups is 1. The van der Waals surface area contributed by atoms with E-state index in [0.717, 1.165) is 6.42 Å². The Kier molecular flexibility index (Phi) is 4.84. The maximum Gasteiger partial charge on any atom is 0.254 e. The first-order valence-electron chi connectivity index (χ1n) is 7.07. The molecule has 2 N–H and O–H groups in total. The highest BCUT2D eigenvalue weighted by Gasteiger charge is 2.27. The summed E-state index contributed by atoms with van der Waals surface area (Å²) in [7, 11) is 0. The molecule has 1 fully saturated rings. The van der Waals surface area contributed by atoms with Crippen LogP contribution in [0.4, 0.5) is 5.69 Å². The summed E-state index contributed by atoms with van der Waals surface area (Å²) in [6.45, 7) is 6.32. The first-order chi connectivity index (χ1) is 9.65. The van der Waals surface area contributed by atoms with E-state index < -0.39 is 0 Å². The van der Waals surface area contributed by atoms with E-state index in [0.29, 0.717) is 43.4 Å². The molecule has 1 aromatic carbocycles. The van der Waals surface area contributed by atoms with Crippen molar-refractivity contribution in [2.24, 2.45) is 0 Å². The second-order valence-electron chi connectivity index (χ2n) is 4.86. The number of nitrogens with zero attached hydrogens (tertiary/aromatic N) is 1. The molecule has 0 aliphatic carbocycles. The second-order valence-corrected chi connectivity index (χ2v) is 4.86. The Bertz CT molecular complexity index is 476. The minimum Gasteiger partial charge on any atom is -0.494 e. The van der Waals surface area contributed by atoms with Crippen molar-refractivity contribution in [2.45, 2.75) is 26.3 Å².